The Morgan fingerprint density at radius 2 is 2.36 bits per heavy atom. The number of hydrogen-bond donors (Lipinski definition) is 0. The second-order valence-corrected chi connectivity index (χ2v) is 3.62. The first-order chi connectivity index (χ1) is 5.38. The SMILES string of the molecule is CN1CCN=C2CCCCC21. The maximum Gasteiger partial charge on any atom is 0.0516 e. The quantitative estimate of drug-likeness (QED) is 0.511. The van der Waals surface area contributed by atoms with Crippen molar-refractivity contribution in [3.05, 3.63) is 0 Å². The monoisotopic (exact) mass is 152 g/mol. The summed E-state index contributed by atoms with van der Waals surface area (Å²) in [6, 6.07) is 0.706. The minimum absolute atomic E-state index is 0.706. The van der Waals surface area contributed by atoms with Gasteiger partial charge in [-0.2, -0.15) is 0 Å². The molecule has 0 aromatic carbocycles. The van der Waals surface area contributed by atoms with E-state index >= 15 is 0 Å². The van der Waals surface area contributed by atoms with E-state index in [1.165, 1.54) is 31.4 Å². The van der Waals surface area contributed by atoms with E-state index in [1.807, 2.05) is 0 Å². The van der Waals surface area contributed by atoms with Crippen LogP contribution in [0.4, 0.5) is 0 Å². The molecule has 0 N–H and O–H groups in total. The molecule has 2 nitrogen and oxygen atoms in total. The van der Waals surface area contributed by atoms with E-state index < -0.39 is 0 Å². The molecule has 0 bridgehead atoms. The van der Waals surface area contributed by atoms with Gasteiger partial charge in [-0.05, 0) is 26.3 Å². The van der Waals surface area contributed by atoms with E-state index in [0.717, 1.165) is 13.1 Å². The molecular weight excluding hydrogens is 136 g/mol. The number of aliphatic imine (C=N–C) groups is 1. The Labute approximate surface area is 68.3 Å². The van der Waals surface area contributed by atoms with Crippen molar-refractivity contribution >= 4 is 5.71 Å². The van der Waals surface area contributed by atoms with E-state index in [1.54, 1.807) is 0 Å². The van der Waals surface area contributed by atoms with Crippen molar-refractivity contribution in [1.82, 2.24) is 4.90 Å². The molecule has 1 saturated carbocycles. The van der Waals surface area contributed by atoms with Gasteiger partial charge in [0.15, 0.2) is 0 Å². The number of likely N-dealkylation sites (N-methyl/N-ethyl adjacent to an activating group) is 1. The summed E-state index contributed by atoms with van der Waals surface area (Å²) in [5, 5.41) is 0. The number of hydrogen-bond acceptors (Lipinski definition) is 2. The Morgan fingerprint density at radius 1 is 1.45 bits per heavy atom. The summed E-state index contributed by atoms with van der Waals surface area (Å²) in [6.45, 7) is 2.19. The normalized spacial score (nSPS) is 32.8. The van der Waals surface area contributed by atoms with Gasteiger partial charge in [-0.25, -0.2) is 0 Å². The fraction of sp³-hybridized carbons (Fsp3) is 0.889. The fourth-order valence-corrected chi connectivity index (χ4v) is 2.14. The highest BCUT2D eigenvalue weighted by atomic mass is 15.2. The highest BCUT2D eigenvalue weighted by Gasteiger charge is 2.25. The summed E-state index contributed by atoms with van der Waals surface area (Å²) in [4.78, 5) is 7.04. The van der Waals surface area contributed by atoms with Crippen LogP contribution in [0.3, 0.4) is 0 Å². The molecule has 11 heavy (non-hydrogen) atoms. The van der Waals surface area contributed by atoms with Crippen molar-refractivity contribution < 1.29 is 0 Å². The van der Waals surface area contributed by atoms with Crippen LogP contribution < -0.4 is 0 Å². The first-order valence-electron chi connectivity index (χ1n) is 4.61. The highest BCUT2D eigenvalue weighted by Crippen LogP contribution is 2.21. The Hall–Kier alpha value is -0.370. The van der Waals surface area contributed by atoms with Gasteiger partial charge in [0.1, 0.15) is 0 Å². The van der Waals surface area contributed by atoms with Gasteiger partial charge in [-0.15, -0.1) is 0 Å². The standard InChI is InChI=1S/C9H16N2/c1-11-7-6-10-8-4-2-3-5-9(8)11/h9H,2-7H2,1H3. The molecule has 0 spiro atoms. The fourth-order valence-electron chi connectivity index (χ4n) is 2.14. The zero-order valence-corrected chi connectivity index (χ0v) is 7.21. The van der Waals surface area contributed by atoms with E-state index in [-0.39, 0.29) is 0 Å². The van der Waals surface area contributed by atoms with Gasteiger partial charge in [-0.1, -0.05) is 6.42 Å². The number of nitrogens with zero attached hydrogens (tertiary/aromatic N) is 2. The summed E-state index contributed by atoms with van der Waals surface area (Å²) < 4.78 is 0. The average Bonchev–Trinajstić information content (AvgIpc) is 2.06. The molecule has 2 aliphatic rings. The molecule has 0 radical (unpaired) electrons. The predicted octanol–water partition coefficient (Wildman–Crippen LogP) is 1.32. The molecule has 0 saturated heterocycles. The van der Waals surface area contributed by atoms with Gasteiger partial charge < -0.3 is 0 Å². The van der Waals surface area contributed by atoms with Crippen LogP contribution in [0.15, 0.2) is 4.99 Å². The Bertz CT molecular complexity index is 174. The molecule has 1 heterocycles. The molecule has 0 amide bonds. The molecule has 0 aromatic heterocycles. The van der Waals surface area contributed by atoms with Crippen LogP contribution in [0.25, 0.3) is 0 Å². The summed E-state index contributed by atoms with van der Waals surface area (Å²) >= 11 is 0. The van der Waals surface area contributed by atoms with E-state index in [2.05, 4.69) is 16.9 Å². The number of rotatable bonds is 0. The Morgan fingerprint density at radius 3 is 3.18 bits per heavy atom. The second-order valence-electron chi connectivity index (χ2n) is 3.62. The lowest BCUT2D eigenvalue weighted by molar-refractivity contribution is 0.263. The molecule has 62 valence electrons. The van der Waals surface area contributed by atoms with Crippen LogP contribution in [0.2, 0.25) is 0 Å². The smallest absolute Gasteiger partial charge is 0.0516 e. The molecule has 1 atom stereocenters. The molecule has 2 heteroatoms. The van der Waals surface area contributed by atoms with Crippen molar-refractivity contribution in [1.29, 1.82) is 0 Å². The lowest BCUT2D eigenvalue weighted by Crippen LogP contribution is -2.45. The molecule has 1 fully saturated rings. The lowest BCUT2D eigenvalue weighted by atomic mass is 9.91. The Balaban J connectivity index is 2.13. The van der Waals surface area contributed by atoms with Crippen molar-refractivity contribution in [2.24, 2.45) is 4.99 Å². The van der Waals surface area contributed by atoms with Crippen molar-refractivity contribution in [3.63, 3.8) is 0 Å². The van der Waals surface area contributed by atoms with Gasteiger partial charge in [0.2, 0.25) is 0 Å². The second kappa shape index (κ2) is 2.94. The van der Waals surface area contributed by atoms with Gasteiger partial charge in [-0.3, -0.25) is 9.89 Å². The van der Waals surface area contributed by atoms with E-state index in [0.29, 0.717) is 6.04 Å². The van der Waals surface area contributed by atoms with Gasteiger partial charge in [0.25, 0.3) is 0 Å². The van der Waals surface area contributed by atoms with Gasteiger partial charge >= 0.3 is 0 Å². The predicted molar refractivity (Wildman–Crippen MR) is 47.2 cm³/mol. The third-order valence-corrected chi connectivity index (χ3v) is 2.84. The van der Waals surface area contributed by atoms with Crippen LogP contribution >= 0.6 is 0 Å². The average molecular weight is 152 g/mol. The van der Waals surface area contributed by atoms with Crippen LogP contribution in [-0.4, -0.2) is 36.8 Å². The van der Waals surface area contributed by atoms with Crippen LogP contribution in [0.1, 0.15) is 25.7 Å². The third kappa shape index (κ3) is 1.32. The van der Waals surface area contributed by atoms with Crippen molar-refractivity contribution in [2.45, 2.75) is 31.7 Å². The summed E-state index contributed by atoms with van der Waals surface area (Å²) in [5.41, 5.74) is 1.48. The third-order valence-electron chi connectivity index (χ3n) is 2.84. The topological polar surface area (TPSA) is 15.6 Å². The number of fused-ring (bicyclic) bond motifs is 1. The molecule has 0 aromatic rings. The van der Waals surface area contributed by atoms with Gasteiger partial charge in [0, 0.05) is 18.3 Å². The van der Waals surface area contributed by atoms with Crippen molar-refractivity contribution in [3.8, 4) is 0 Å². The molecular formula is C9H16N2. The summed E-state index contributed by atoms with van der Waals surface area (Å²) in [5.74, 6) is 0. The van der Waals surface area contributed by atoms with Crippen molar-refractivity contribution in [2.75, 3.05) is 20.1 Å². The molecule has 2 rings (SSSR count). The largest absolute Gasteiger partial charge is 0.296 e. The first kappa shape index (κ1) is 7.29. The first-order valence-corrected chi connectivity index (χ1v) is 4.61. The van der Waals surface area contributed by atoms with E-state index in [9.17, 15) is 0 Å². The van der Waals surface area contributed by atoms with Crippen LogP contribution in [0.5, 0.6) is 0 Å². The zero-order chi connectivity index (χ0) is 7.68. The Kier molecular flexibility index (Phi) is 1.95. The molecule has 1 aliphatic carbocycles. The van der Waals surface area contributed by atoms with Crippen LogP contribution in [-0.2, 0) is 0 Å². The van der Waals surface area contributed by atoms with Crippen LogP contribution in [0, 0.1) is 0 Å². The summed E-state index contributed by atoms with van der Waals surface area (Å²) in [7, 11) is 2.23. The molecule has 1 unspecified atom stereocenters. The molecule has 1 aliphatic heterocycles. The lowest BCUT2D eigenvalue weighted by Gasteiger charge is -2.35. The van der Waals surface area contributed by atoms with E-state index in [4.69, 9.17) is 0 Å². The zero-order valence-electron chi connectivity index (χ0n) is 7.21. The highest BCUT2D eigenvalue weighted by molar-refractivity contribution is 5.90. The van der Waals surface area contributed by atoms with Gasteiger partial charge in [0.05, 0.1) is 6.54 Å². The maximum absolute atomic E-state index is 4.58. The minimum Gasteiger partial charge on any atom is -0.296 e. The summed E-state index contributed by atoms with van der Waals surface area (Å²) in [6.07, 6.45) is 5.36. The minimum atomic E-state index is 0.706. The maximum atomic E-state index is 4.58.